The number of hydrogen-bond acceptors (Lipinski definition) is 3. The lowest BCUT2D eigenvalue weighted by Gasteiger charge is -2.11. The van der Waals surface area contributed by atoms with Gasteiger partial charge in [0.25, 0.3) is 5.91 Å². The van der Waals surface area contributed by atoms with Crippen molar-refractivity contribution in [1.82, 2.24) is 5.32 Å². The van der Waals surface area contributed by atoms with Gasteiger partial charge in [-0.15, -0.1) is 0 Å². The molecular formula is C17H27N3O. The molecule has 0 aliphatic carbocycles. The van der Waals surface area contributed by atoms with Crippen molar-refractivity contribution < 1.29 is 4.79 Å². The molecule has 0 aliphatic rings. The van der Waals surface area contributed by atoms with Gasteiger partial charge >= 0.3 is 0 Å². The molecular weight excluding hydrogens is 262 g/mol. The summed E-state index contributed by atoms with van der Waals surface area (Å²) < 4.78 is 0. The van der Waals surface area contributed by atoms with E-state index in [0.717, 1.165) is 29.7 Å². The Morgan fingerprint density at radius 1 is 1.29 bits per heavy atom. The van der Waals surface area contributed by atoms with E-state index in [0.29, 0.717) is 5.57 Å². The van der Waals surface area contributed by atoms with Gasteiger partial charge in [-0.25, -0.2) is 0 Å². The largest absolute Gasteiger partial charge is 0.404 e. The Labute approximate surface area is 128 Å². The molecule has 3 N–H and O–H groups in total. The first-order chi connectivity index (χ1) is 10.0. The molecule has 0 aromatic heterocycles. The molecule has 4 heteroatoms. The number of aliphatic imine (C=N–C) groups is 1. The van der Waals surface area contributed by atoms with Gasteiger partial charge in [0.05, 0.1) is 5.57 Å². The van der Waals surface area contributed by atoms with Crippen molar-refractivity contribution >= 4 is 12.1 Å². The van der Waals surface area contributed by atoms with Gasteiger partial charge < -0.3 is 11.1 Å². The molecule has 4 nitrogen and oxygen atoms in total. The molecule has 0 radical (unpaired) electrons. The average Bonchev–Trinajstić information content (AvgIpc) is 2.49. The van der Waals surface area contributed by atoms with Crippen LogP contribution in [0.4, 0.5) is 0 Å². The van der Waals surface area contributed by atoms with Gasteiger partial charge in [-0.2, -0.15) is 0 Å². The minimum atomic E-state index is -0.252. The van der Waals surface area contributed by atoms with E-state index in [9.17, 15) is 4.79 Å². The summed E-state index contributed by atoms with van der Waals surface area (Å²) >= 11 is 0. The summed E-state index contributed by atoms with van der Waals surface area (Å²) in [4.78, 5) is 16.0. The smallest absolute Gasteiger partial charge is 0.258 e. The van der Waals surface area contributed by atoms with Crippen LogP contribution in [-0.2, 0) is 4.79 Å². The van der Waals surface area contributed by atoms with E-state index in [2.05, 4.69) is 24.2 Å². The predicted octanol–water partition coefficient (Wildman–Crippen LogP) is 3.24. The van der Waals surface area contributed by atoms with Crippen LogP contribution in [0.1, 0.15) is 40.5 Å². The Balaban J connectivity index is 5.46. The topological polar surface area (TPSA) is 67.5 Å². The molecule has 21 heavy (non-hydrogen) atoms. The van der Waals surface area contributed by atoms with E-state index in [1.54, 1.807) is 7.05 Å². The summed E-state index contributed by atoms with van der Waals surface area (Å²) in [5, 5.41) is 2.92. The van der Waals surface area contributed by atoms with Crippen LogP contribution in [0.2, 0.25) is 0 Å². The number of nitrogens with two attached hydrogens (primary N) is 1. The average molecular weight is 289 g/mol. The fourth-order valence-corrected chi connectivity index (χ4v) is 1.63. The Hall–Kier alpha value is -2.10. The SMILES string of the molecule is C\C=C/C(=C\C(NC(=O)/C(C=NC)=C/N)=C(/C)CC)CC. The van der Waals surface area contributed by atoms with Crippen molar-refractivity contribution in [3.8, 4) is 0 Å². The maximum Gasteiger partial charge on any atom is 0.258 e. The Morgan fingerprint density at radius 2 is 1.95 bits per heavy atom. The second kappa shape index (κ2) is 10.7. The van der Waals surface area contributed by atoms with Crippen LogP contribution in [0, 0.1) is 0 Å². The summed E-state index contributed by atoms with van der Waals surface area (Å²) in [6.07, 6.45) is 10.5. The third-order valence-corrected chi connectivity index (χ3v) is 3.07. The number of rotatable bonds is 7. The Bertz CT molecular complexity index is 494. The molecule has 0 atom stereocenters. The van der Waals surface area contributed by atoms with Crippen LogP contribution < -0.4 is 11.1 Å². The molecule has 0 unspecified atom stereocenters. The minimum Gasteiger partial charge on any atom is -0.404 e. The standard InChI is InChI=1S/C17H27N3O/c1-6-9-14(8-3)10-16(13(4)7-2)20-17(21)15(11-18)12-19-5/h6,9-12H,7-8,18H2,1-5H3,(H,20,21)/b9-6-,14-10-,15-11+,16-13-,19-12?. The first-order valence-electron chi connectivity index (χ1n) is 7.22. The fourth-order valence-electron chi connectivity index (χ4n) is 1.63. The van der Waals surface area contributed by atoms with Gasteiger partial charge in [0, 0.05) is 25.2 Å². The molecule has 0 bridgehead atoms. The number of nitrogens with one attached hydrogen (secondary N) is 1. The van der Waals surface area contributed by atoms with E-state index < -0.39 is 0 Å². The monoisotopic (exact) mass is 289 g/mol. The predicted molar refractivity (Wildman–Crippen MR) is 91.0 cm³/mol. The molecule has 0 aromatic rings. The van der Waals surface area contributed by atoms with Crippen molar-refractivity contribution in [1.29, 1.82) is 0 Å². The second-order valence-electron chi connectivity index (χ2n) is 4.58. The number of nitrogens with zero attached hydrogens (tertiary/aromatic N) is 1. The van der Waals surface area contributed by atoms with Crippen LogP contribution in [0.5, 0.6) is 0 Å². The molecule has 0 aliphatic heterocycles. The van der Waals surface area contributed by atoms with E-state index >= 15 is 0 Å². The summed E-state index contributed by atoms with van der Waals surface area (Å²) in [7, 11) is 1.60. The molecule has 116 valence electrons. The van der Waals surface area contributed by atoms with Crippen LogP contribution in [0.15, 0.2) is 51.8 Å². The molecule has 0 saturated carbocycles. The van der Waals surface area contributed by atoms with Gasteiger partial charge in [0.1, 0.15) is 0 Å². The zero-order valence-electron chi connectivity index (χ0n) is 13.7. The van der Waals surface area contributed by atoms with Crippen molar-refractivity contribution in [3.63, 3.8) is 0 Å². The molecule has 0 spiro atoms. The number of amides is 1. The van der Waals surface area contributed by atoms with Gasteiger partial charge in [-0.05, 0) is 43.9 Å². The molecule has 0 saturated heterocycles. The normalized spacial score (nSPS) is 14.7. The van der Waals surface area contributed by atoms with Crippen molar-refractivity contribution in [2.75, 3.05) is 7.05 Å². The zero-order valence-corrected chi connectivity index (χ0v) is 13.7. The first-order valence-corrected chi connectivity index (χ1v) is 7.22. The fraction of sp³-hybridized carbons (Fsp3) is 0.412. The van der Waals surface area contributed by atoms with Crippen LogP contribution in [0.25, 0.3) is 0 Å². The highest BCUT2D eigenvalue weighted by molar-refractivity contribution is 6.12. The third kappa shape index (κ3) is 6.75. The molecule has 0 rings (SSSR count). The highest BCUT2D eigenvalue weighted by Crippen LogP contribution is 2.13. The van der Waals surface area contributed by atoms with Gasteiger partial charge in [-0.3, -0.25) is 9.79 Å². The summed E-state index contributed by atoms with van der Waals surface area (Å²) in [6.45, 7) is 8.13. The van der Waals surface area contributed by atoms with Gasteiger partial charge in [0.2, 0.25) is 0 Å². The first kappa shape index (κ1) is 18.9. The zero-order chi connectivity index (χ0) is 16.3. The summed E-state index contributed by atoms with van der Waals surface area (Å²) in [6, 6.07) is 0. The number of carbonyl (C=O) groups is 1. The molecule has 1 amide bonds. The lowest BCUT2D eigenvalue weighted by atomic mass is 10.1. The highest BCUT2D eigenvalue weighted by Gasteiger charge is 2.09. The van der Waals surface area contributed by atoms with Crippen LogP contribution >= 0.6 is 0 Å². The second-order valence-corrected chi connectivity index (χ2v) is 4.58. The van der Waals surface area contributed by atoms with Crippen LogP contribution in [-0.4, -0.2) is 19.2 Å². The van der Waals surface area contributed by atoms with Gasteiger partial charge in [-0.1, -0.05) is 26.0 Å². The maximum absolute atomic E-state index is 12.2. The van der Waals surface area contributed by atoms with E-state index in [1.165, 1.54) is 12.4 Å². The van der Waals surface area contributed by atoms with Crippen molar-refractivity contribution in [2.24, 2.45) is 10.7 Å². The number of carbonyl (C=O) groups excluding carboxylic acids is 1. The summed E-state index contributed by atoms with van der Waals surface area (Å²) in [5.74, 6) is -0.252. The molecule has 0 fully saturated rings. The lowest BCUT2D eigenvalue weighted by Crippen LogP contribution is -2.26. The quantitative estimate of drug-likeness (QED) is 0.429. The Kier molecular flexibility index (Phi) is 9.59. The van der Waals surface area contributed by atoms with Crippen molar-refractivity contribution in [2.45, 2.75) is 40.5 Å². The van der Waals surface area contributed by atoms with E-state index in [1.807, 2.05) is 32.1 Å². The lowest BCUT2D eigenvalue weighted by molar-refractivity contribution is -0.116. The number of allylic oxidation sites excluding steroid dienone is 5. The number of hydrogen-bond donors (Lipinski definition) is 2. The van der Waals surface area contributed by atoms with E-state index in [-0.39, 0.29) is 5.91 Å². The molecule has 0 aromatic carbocycles. The Morgan fingerprint density at radius 3 is 2.38 bits per heavy atom. The maximum atomic E-state index is 12.2. The third-order valence-electron chi connectivity index (χ3n) is 3.07. The summed E-state index contributed by atoms with van der Waals surface area (Å²) in [5.41, 5.74) is 8.90. The van der Waals surface area contributed by atoms with E-state index in [4.69, 9.17) is 5.73 Å². The van der Waals surface area contributed by atoms with Gasteiger partial charge in [0.15, 0.2) is 0 Å². The van der Waals surface area contributed by atoms with Crippen molar-refractivity contribution in [3.05, 3.63) is 46.8 Å². The highest BCUT2D eigenvalue weighted by atomic mass is 16.1. The van der Waals surface area contributed by atoms with Crippen LogP contribution in [0.3, 0.4) is 0 Å². The molecule has 0 heterocycles. The minimum absolute atomic E-state index is 0.252.